The minimum atomic E-state index is -0.600. The Balaban J connectivity index is 2.58. The fraction of sp³-hybridized carbons (Fsp3) is 0.154. The van der Waals surface area contributed by atoms with Crippen LogP contribution in [0.1, 0.15) is 12.5 Å². The summed E-state index contributed by atoms with van der Waals surface area (Å²) in [5.74, 6) is 5.68. The van der Waals surface area contributed by atoms with Gasteiger partial charge in [0.05, 0.1) is 5.52 Å². The number of hydrogen-bond acceptors (Lipinski definition) is 2. The van der Waals surface area contributed by atoms with Crippen LogP contribution < -0.4 is 0 Å². The minimum Gasteiger partial charge on any atom is -0.381 e. The number of hydrogen-bond donors (Lipinski definition) is 1. The topological polar surface area (TPSA) is 33.1 Å². The van der Waals surface area contributed by atoms with Gasteiger partial charge in [0.2, 0.25) is 0 Å². The van der Waals surface area contributed by atoms with Crippen molar-refractivity contribution in [2.75, 3.05) is 0 Å². The molecular formula is C13H11NO. The molecule has 0 aliphatic carbocycles. The lowest BCUT2D eigenvalue weighted by molar-refractivity contribution is 0.253. The van der Waals surface area contributed by atoms with E-state index < -0.39 is 6.10 Å². The second-order valence-electron chi connectivity index (χ2n) is 3.32. The van der Waals surface area contributed by atoms with Crippen LogP contribution in [-0.2, 0) is 0 Å². The van der Waals surface area contributed by atoms with Gasteiger partial charge in [-0.1, -0.05) is 24.0 Å². The van der Waals surface area contributed by atoms with Crippen LogP contribution in [0.15, 0.2) is 36.5 Å². The number of benzene rings is 1. The van der Waals surface area contributed by atoms with Gasteiger partial charge in [0, 0.05) is 17.1 Å². The van der Waals surface area contributed by atoms with Crippen molar-refractivity contribution in [3.8, 4) is 11.8 Å². The van der Waals surface area contributed by atoms with Crippen molar-refractivity contribution in [2.24, 2.45) is 0 Å². The van der Waals surface area contributed by atoms with Gasteiger partial charge in [-0.25, -0.2) is 0 Å². The molecule has 0 amide bonds. The molecule has 0 aliphatic rings. The lowest BCUT2D eigenvalue weighted by atomic mass is 10.1. The van der Waals surface area contributed by atoms with E-state index in [1.165, 1.54) is 0 Å². The number of aromatic nitrogens is 1. The molecule has 2 nitrogen and oxygen atoms in total. The molecule has 0 saturated heterocycles. The van der Waals surface area contributed by atoms with Crippen molar-refractivity contribution >= 4 is 10.9 Å². The van der Waals surface area contributed by atoms with Gasteiger partial charge in [-0.3, -0.25) is 4.98 Å². The maximum Gasteiger partial charge on any atom is 0.112 e. The van der Waals surface area contributed by atoms with Crippen LogP contribution in [0.25, 0.3) is 10.9 Å². The summed E-state index contributed by atoms with van der Waals surface area (Å²) >= 11 is 0. The second kappa shape index (κ2) is 4.12. The summed E-state index contributed by atoms with van der Waals surface area (Å²) < 4.78 is 0. The maximum absolute atomic E-state index is 9.10. The first kappa shape index (κ1) is 9.70. The number of nitrogens with zero attached hydrogens (tertiary/aromatic N) is 1. The summed E-state index contributed by atoms with van der Waals surface area (Å²) in [6.45, 7) is 1.65. The van der Waals surface area contributed by atoms with E-state index in [0.717, 1.165) is 16.5 Å². The predicted octanol–water partition coefficient (Wildman–Crippen LogP) is 1.97. The van der Waals surface area contributed by atoms with E-state index in [1.54, 1.807) is 13.1 Å². The molecule has 1 N–H and O–H groups in total. The quantitative estimate of drug-likeness (QED) is 0.655. The lowest BCUT2D eigenvalue weighted by Crippen LogP contribution is -1.93. The Kier molecular flexibility index (Phi) is 2.66. The number of aliphatic hydroxyl groups is 1. The Hall–Kier alpha value is -1.85. The molecule has 0 bridgehead atoms. The van der Waals surface area contributed by atoms with Gasteiger partial charge in [0.1, 0.15) is 6.10 Å². The number of rotatable bonds is 0. The molecule has 2 rings (SSSR count). The maximum atomic E-state index is 9.10. The van der Waals surface area contributed by atoms with Crippen LogP contribution in [0.5, 0.6) is 0 Å². The fourth-order valence-electron chi connectivity index (χ4n) is 1.39. The standard InChI is InChI=1S/C13H11NO/c1-10(15)7-8-11-4-2-6-13-12(11)5-3-9-14-13/h2-6,9-10,15H,1H3. The van der Waals surface area contributed by atoms with Crippen molar-refractivity contribution in [3.05, 3.63) is 42.1 Å². The first-order valence-electron chi connectivity index (χ1n) is 4.81. The van der Waals surface area contributed by atoms with Crippen molar-refractivity contribution in [1.82, 2.24) is 4.98 Å². The minimum absolute atomic E-state index is 0.600. The monoisotopic (exact) mass is 197 g/mol. The molecule has 0 radical (unpaired) electrons. The van der Waals surface area contributed by atoms with E-state index in [9.17, 15) is 0 Å². The summed E-state index contributed by atoms with van der Waals surface area (Å²) in [5, 5.41) is 10.1. The predicted molar refractivity (Wildman–Crippen MR) is 60.3 cm³/mol. The molecule has 15 heavy (non-hydrogen) atoms. The number of fused-ring (bicyclic) bond motifs is 1. The molecule has 1 atom stereocenters. The lowest BCUT2D eigenvalue weighted by Gasteiger charge is -1.98. The van der Waals surface area contributed by atoms with Crippen LogP contribution >= 0.6 is 0 Å². The highest BCUT2D eigenvalue weighted by atomic mass is 16.3. The van der Waals surface area contributed by atoms with Crippen LogP contribution in [-0.4, -0.2) is 16.2 Å². The van der Waals surface area contributed by atoms with E-state index in [-0.39, 0.29) is 0 Å². The third kappa shape index (κ3) is 2.15. The molecular weight excluding hydrogens is 186 g/mol. The van der Waals surface area contributed by atoms with Crippen LogP contribution in [0.4, 0.5) is 0 Å². The average Bonchev–Trinajstić information content (AvgIpc) is 2.26. The molecule has 0 saturated carbocycles. The highest BCUT2D eigenvalue weighted by Crippen LogP contribution is 2.14. The van der Waals surface area contributed by atoms with Gasteiger partial charge in [-0.15, -0.1) is 0 Å². The number of aliphatic hydroxyl groups excluding tert-OH is 1. The van der Waals surface area contributed by atoms with E-state index in [2.05, 4.69) is 16.8 Å². The summed E-state index contributed by atoms with van der Waals surface area (Å²) in [6, 6.07) is 9.66. The average molecular weight is 197 g/mol. The zero-order valence-corrected chi connectivity index (χ0v) is 8.44. The smallest absolute Gasteiger partial charge is 0.112 e. The third-order valence-corrected chi connectivity index (χ3v) is 2.06. The fourth-order valence-corrected chi connectivity index (χ4v) is 1.39. The summed E-state index contributed by atoms with van der Waals surface area (Å²) in [6.07, 6.45) is 1.16. The van der Waals surface area contributed by atoms with Crippen molar-refractivity contribution in [1.29, 1.82) is 0 Å². The van der Waals surface area contributed by atoms with E-state index in [1.807, 2.05) is 30.3 Å². The molecule has 2 aromatic rings. The molecule has 1 unspecified atom stereocenters. The summed E-state index contributed by atoms with van der Waals surface area (Å²) in [4.78, 5) is 4.24. The van der Waals surface area contributed by atoms with E-state index >= 15 is 0 Å². The molecule has 0 aliphatic heterocycles. The largest absolute Gasteiger partial charge is 0.381 e. The first-order valence-corrected chi connectivity index (χ1v) is 4.81. The highest BCUT2D eigenvalue weighted by Gasteiger charge is 1.97. The first-order chi connectivity index (χ1) is 7.27. The Bertz CT molecular complexity index is 529. The summed E-state index contributed by atoms with van der Waals surface area (Å²) in [7, 11) is 0. The molecule has 1 aromatic heterocycles. The number of pyridine rings is 1. The van der Waals surface area contributed by atoms with Gasteiger partial charge >= 0.3 is 0 Å². The zero-order chi connectivity index (χ0) is 10.7. The van der Waals surface area contributed by atoms with E-state index in [0.29, 0.717) is 0 Å². The van der Waals surface area contributed by atoms with Crippen molar-refractivity contribution < 1.29 is 5.11 Å². The molecule has 74 valence electrons. The molecule has 2 heteroatoms. The Morgan fingerprint density at radius 2 is 2.13 bits per heavy atom. The van der Waals surface area contributed by atoms with Gasteiger partial charge in [-0.05, 0) is 25.1 Å². The molecule has 1 heterocycles. The van der Waals surface area contributed by atoms with Crippen LogP contribution in [0.3, 0.4) is 0 Å². The van der Waals surface area contributed by atoms with E-state index in [4.69, 9.17) is 5.11 Å². The third-order valence-electron chi connectivity index (χ3n) is 2.06. The van der Waals surface area contributed by atoms with Crippen LogP contribution in [0.2, 0.25) is 0 Å². The highest BCUT2D eigenvalue weighted by molar-refractivity contribution is 5.84. The van der Waals surface area contributed by atoms with Crippen molar-refractivity contribution in [2.45, 2.75) is 13.0 Å². The van der Waals surface area contributed by atoms with Gasteiger partial charge in [0.15, 0.2) is 0 Å². The zero-order valence-electron chi connectivity index (χ0n) is 8.44. The van der Waals surface area contributed by atoms with Crippen molar-refractivity contribution in [3.63, 3.8) is 0 Å². The SMILES string of the molecule is CC(O)C#Cc1cccc2ncccc12. The van der Waals surface area contributed by atoms with Crippen LogP contribution in [0, 0.1) is 11.8 Å². The summed E-state index contributed by atoms with van der Waals surface area (Å²) in [5.41, 5.74) is 1.83. The normalized spacial score (nSPS) is 11.9. The molecule has 1 aromatic carbocycles. The molecule has 0 spiro atoms. The second-order valence-corrected chi connectivity index (χ2v) is 3.32. The van der Waals surface area contributed by atoms with Gasteiger partial charge in [-0.2, -0.15) is 0 Å². The molecule has 0 fully saturated rings. The Morgan fingerprint density at radius 1 is 1.27 bits per heavy atom. The van der Waals surface area contributed by atoms with Gasteiger partial charge in [0.25, 0.3) is 0 Å². The Morgan fingerprint density at radius 3 is 2.93 bits per heavy atom. The van der Waals surface area contributed by atoms with Gasteiger partial charge < -0.3 is 5.11 Å². The Labute approximate surface area is 88.6 Å².